The maximum absolute atomic E-state index is 12.2. The van der Waals surface area contributed by atoms with Gasteiger partial charge in [0.25, 0.3) is 5.89 Å². The van der Waals surface area contributed by atoms with Crippen LogP contribution in [0.3, 0.4) is 0 Å². The number of hydrogen-bond acceptors (Lipinski definition) is 6. The highest BCUT2D eigenvalue weighted by Crippen LogP contribution is 2.22. The summed E-state index contributed by atoms with van der Waals surface area (Å²) in [6, 6.07) is 6.71. The highest BCUT2D eigenvalue weighted by atomic mass is 32.2. The summed E-state index contributed by atoms with van der Waals surface area (Å²) in [4.78, 5) is 4.50. The topological polar surface area (TPSA) is 88.3 Å². The Bertz CT molecular complexity index is 740. The van der Waals surface area contributed by atoms with Crippen LogP contribution in [0, 0.1) is 0 Å². The molecule has 0 fully saturated rings. The van der Waals surface area contributed by atoms with E-state index in [9.17, 15) is 8.42 Å². The molecule has 0 saturated carbocycles. The summed E-state index contributed by atoms with van der Waals surface area (Å²) < 4.78 is 30.7. The molecule has 1 N–H and O–H groups in total. The van der Waals surface area contributed by atoms with Crippen LogP contribution < -0.4 is 5.32 Å². The number of benzene rings is 1. The summed E-state index contributed by atoms with van der Waals surface area (Å²) in [5.41, 5.74) is 0.582. The molecule has 1 unspecified atom stereocenters. The molecule has 0 aliphatic carbocycles. The van der Waals surface area contributed by atoms with Gasteiger partial charge in [0.15, 0.2) is 5.82 Å². The van der Waals surface area contributed by atoms with Crippen molar-refractivity contribution < 1.29 is 12.9 Å². The molecule has 0 amide bonds. The van der Waals surface area contributed by atoms with Gasteiger partial charge >= 0.3 is 0 Å². The maximum atomic E-state index is 12.2. The van der Waals surface area contributed by atoms with E-state index in [-0.39, 0.29) is 10.9 Å². The van der Waals surface area contributed by atoms with Crippen molar-refractivity contribution in [2.45, 2.75) is 24.3 Å². The van der Waals surface area contributed by atoms with Crippen molar-refractivity contribution in [1.29, 1.82) is 0 Å². The van der Waals surface area contributed by atoms with Gasteiger partial charge < -0.3 is 9.84 Å². The Balaban J connectivity index is 2.31. The minimum atomic E-state index is -3.49. The van der Waals surface area contributed by atoms with E-state index in [1.54, 1.807) is 18.2 Å². The van der Waals surface area contributed by atoms with Crippen LogP contribution in [0.25, 0.3) is 11.5 Å². The van der Waals surface area contributed by atoms with Gasteiger partial charge in [-0.15, -0.1) is 0 Å². The first-order valence-electron chi connectivity index (χ1n) is 6.87. The fraction of sp³-hybridized carbons (Fsp3) is 0.429. The lowest BCUT2D eigenvalue weighted by atomic mass is 10.2. The van der Waals surface area contributed by atoms with Crippen LogP contribution in [0.2, 0.25) is 0 Å². The molecule has 1 heterocycles. The number of rotatable bonds is 6. The van der Waals surface area contributed by atoms with E-state index < -0.39 is 10.0 Å². The summed E-state index contributed by atoms with van der Waals surface area (Å²) >= 11 is 0. The average Bonchev–Trinajstić information content (AvgIpc) is 2.95. The highest BCUT2D eigenvalue weighted by molar-refractivity contribution is 7.89. The first-order valence-corrected chi connectivity index (χ1v) is 8.31. The molecule has 0 aliphatic rings. The van der Waals surface area contributed by atoms with Crippen molar-refractivity contribution in [3.8, 4) is 11.5 Å². The van der Waals surface area contributed by atoms with Crippen molar-refractivity contribution in [3.63, 3.8) is 0 Å². The first kappa shape index (κ1) is 16.6. The number of aromatic nitrogens is 2. The zero-order chi connectivity index (χ0) is 16.3. The molecule has 120 valence electrons. The zero-order valence-electron chi connectivity index (χ0n) is 13.1. The highest BCUT2D eigenvalue weighted by Gasteiger charge is 2.19. The third-order valence-electron chi connectivity index (χ3n) is 3.31. The van der Waals surface area contributed by atoms with Crippen LogP contribution in [0.15, 0.2) is 33.7 Å². The smallest absolute Gasteiger partial charge is 0.257 e. The van der Waals surface area contributed by atoms with E-state index in [1.807, 2.05) is 14.0 Å². The summed E-state index contributed by atoms with van der Waals surface area (Å²) in [5.74, 6) is 0.895. The van der Waals surface area contributed by atoms with Gasteiger partial charge in [-0.05, 0) is 32.2 Å². The summed E-state index contributed by atoms with van der Waals surface area (Å²) in [7, 11) is 1.36. The largest absolute Gasteiger partial charge is 0.334 e. The molecular weight excluding hydrogens is 304 g/mol. The molecule has 2 aromatic rings. The van der Waals surface area contributed by atoms with E-state index in [1.165, 1.54) is 24.5 Å². The number of hydrogen-bond donors (Lipinski definition) is 1. The van der Waals surface area contributed by atoms with E-state index in [2.05, 4.69) is 15.5 Å². The van der Waals surface area contributed by atoms with E-state index >= 15 is 0 Å². The molecule has 1 aromatic carbocycles. The predicted molar refractivity (Wildman–Crippen MR) is 82.8 cm³/mol. The summed E-state index contributed by atoms with van der Waals surface area (Å²) in [6.45, 7) is 2.01. The molecule has 0 spiro atoms. The van der Waals surface area contributed by atoms with Gasteiger partial charge in [0.05, 0.1) is 4.90 Å². The second-order valence-electron chi connectivity index (χ2n) is 5.22. The molecule has 1 aromatic heterocycles. The molecule has 0 radical (unpaired) electrons. The SMILES string of the molecule is CNC(C)Cc1noc(-c2cccc(S(=O)(=O)N(C)C)c2)n1. The molecule has 8 heteroatoms. The summed E-state index contributed by atoms with van der Waals surface area (Å²) in [5, 5.41) is 7.02. The van der Waals surface area contributed by atoms with Crippen molar-refractivity contribution in [3.05, 3.63) is 30.1 Å². The van der Waals surface area contributed by atoms with Crippen LogP contribution in [-0.2, 0) is 16.4 Å². The summed E-state index contributed by atoms with van der Waals surface area (Å²) in [6.07, 6.45) is 0.635. The minimum Gasteiger partial charge on any atom is -0.334 e. The fourth-order valence-corrected chi connectivity index (χ4v) is 2.78. The van der Waals surface area contributed by atoms with Gasteiger partial charge in [-0.25, -0.2) is 12.7 Å². The lowest BCUT2D eigenvalue weighted by molar-refractivity contribution is 0.418. The fourth-order valence-electron chi connectivity index (χ4n) is 1.83. The van der Waals surface area contributed by atoms with Gasteiger partial charge in [0.2, 0.25) is 10.0 Å². The number of sulfonamides is 1. The van der Waals surface area contributed by atoms with E-state index in [0.29, 0.717) is 23.7 Å². The molecule has 0 aliphatic heterocycles. The Morgan fingerprint density at radius 2 is 2.09 bits per heavy atom. The Kier molecular flexibility index (Phi) is 4.94. The third-order valence-corrected chi connectivity index (χ3v) is 5.12. The zero-order valence-corrected chi connectivity index (χ0v) is 13.9. The molecule has 22 heavy (non-hydrogen) atoms. The van der Waals surface area contributed by atoms with Crippen LogP contribution in [-0.4, -0.2) is 50.0 Å². The van der Waals surface area contributed by atoms with Crippen LogP contribution in [0.4, 0.5) is 0 Å². The Labute approximate surface area is 130 Å². The number of likely N-dealkylation sites (N-methyl/N-ethyl adjacent to an activating group) is 1. The van der Waals surface area contributed by atoms with E-state index in [0.717, 1.165) is 0 Å². The van der Waals surface area contributed by atoms with Gasteiger partial charge in [0.1, 0.15) is 0 Å². The monoisotopic (exact) mass is 324 g/mol. The van der Waals surface area contributed by atoms with Crippen LogP contribution >= 0.6 is 0 Å². The predicted octanol–water partition coefficient (Wildman–Crippen LogP) is 1.14. The van der Waals surface area contributed by atoms with Crippen LogP contribution in [0.1, 0.15) is 12.7 Å². The lowest BCUT2D eigenvalue weighted by Crippen LogP contribution is -2.24. The normalized spacial score (nSPS) is 13.5. The number of nitrogens with zero attached hydrogens (tertiary/aromatic N) is 3. The van der Waals surface area contributed by atoms with Gasteiger partial charge in [-0.1, -0.05) is 11.2 Å². The van der Waals surface area contributed by atoms with Crippen LogP contribution in [0.5, 0.6) is 0 Å². The Morgan fingerprint density at radius 3 is 2.73 bits per heavy atom. The maximum Gasteiger partial charge on any atom is 0.257 e. The van der Waals surface area contributed by atoms with Crippen molar-refractivity contribution >= 4 is 10.0 Å². The lowest BCUT2D eigenvalue weighted by Gasteiger charge is -2.11. The quantitative estimate of drug-likeness (QED) is 0.857. The second kappa shape index (κ2) is 6.55. The molecular formula is C14H20N4O3S. The molecule has 2 rings (SSSR count). The number of nitrogens with one attached hydrogen (secondary N) is 1. The van der Waals surface area contributed by atoms with Gasteiger partial charge in [-0.2, -0.15) is 4.98 Å². The van der Waals surface area contributed by atoms with Crippen molar-refractivity contribution in [2.24, 2.45) is 0 Å². The Hall–Kier alpha value is -1.77. The molecule has 0 bridgehead atoms. The average molecular weight is 324 g/mol. The second-order valence-corrected chi connectivity index (χ2v) is 7.38. The van der Waals surface area contributed by atoms with Crippen molar-refractivity contribution in [2.75, 3.05) is 21.1 Å². The minimum absolute atomic E-state index is 0.193. The Morgan fingerprint density at radius 1 is 1.36 bits per heavy atom. The van der Waals surface area contributed by atoms with Crippen molar-refractivity contribution in [1.82, 2.24) is 19.8 Å². The molecule has 1 atom stereocenters. The standard InChI is InChI=1S/C14H20N4O3S/c1-10(15-2)8-13-16-14(21-17-13)11-6-5-7-12(9-11)22(19,20)18(3)4/h5-7,9-10,15H,8H2,1-4H3. The molecule has 7 nitrogen and oxygen atoms in total. The third kappa shape index (κ3) is 3.52. The van der Waals surface area contributed by atoms with Gasteiger partial charge in [0, 0.05) is 32.1 Å². The first-order chi connectivity index (χ1) is 10.3. The van der Waals surface area contributed by atoms with E-state index in [4.69, 9.17) is 4.52 Å². The molecule has 0 saturated heterocycles. The van der Waals surface area contributed by atoms with Gasteiger partial charge in [-0.3, -0.25) is 0 Å².